The van der Waals surface area contributed by atoms with Crippen LogP contribution in [0.5, 0.6) is 0 Å². The van der Waals surface area contributed by atoms with Crippen molar-refractivity contribution in [1.29, 1.82) is 0 Å². The molecule has 0 amide bonds. The summed E-state index contributed by atoms with van der Waals surface area (Å²) < 4.78 is 0. The zero-order valence-electron chi connectivity index (χ0n) is 11.4. The Morgan fingerprint density at radius 2 is 2.00 bits per heavy atom. The summed E-state index contributed by atoms with van der Waals surface area (Å²) in [5.41, 5.74) is 0.545. The number of nitrogens with zero attached hydrogens (tertiary/aromatic N) is 2. The number of hydrogen-bond donors (Lipinski definition) is 0. The van der Waals surface area contributed by atoms with Crippen LogP contribution in [0.25, 0.3) is 10.2 Å². The summed E-state index contributed by atoms with van der Waals surface area (Å²) in [5, 5.41) is 1.21. The van der Waals surface area contributed by atoms with E-state index in [1.807, 2.05) is 24.5 Å². The van der Waals surface area contributed by atoms with E-state index in [9.17, 15) is 0 Å². The summed E-state index contributed by atoms with van der Waals surface area (Å²) in [6, 6.07) is 2.31. The number of fused-ring (bicyclic) bond motifs is 1. The molecule has 0 bridgehead atoms. The third-order valence-electron chi connectivity index (χ3n) is 4.15. The summed E-state index contributed by atoms with van der Waals surface area (Å²) in [4.78, 5) is 11.5. The van der Waals surface area contributed by atoms with Crippen LogP contribution in [0.15, 0.2) is 12.3 Å². The molecule has 0 atom stereocenters. The zero-order chi connectivity index (χ0) is 12.8. The Labute approximate surface area is 112 Å². The van der Waals surface area contributed by atoms with Gasteiger partial charge in [-0.15, -0.1) is 11.3 Å². The van der Waals surface area contributed by atoms with E-state index in [1.165, 1.54) is 35.9 Å². The predicted octanol–water partition coefficient (Wildman–Crippen LogP) is 4.68. The van der Waals surface area contributed by atoms with Crippen molar-refractivity contribution in [3.05, 3.63) is 23.0 Å². The molecule has 0 aromatic carbocycles. The van der Waals surface area contributed by atoms with Gasteiger partial charge in [-0.1, -0.05) is 13.8 Å². The molecule has 0 aliphatic heterocycles. The first-order valence-corrected chi connectivity index (χ1v) is 7.58. The normalized spacial score (nSPS) is 20.4. The number of rotatable bonds is 1. The molecule has 0 N–H and O–H groups in total. The molecular formula is C15H20N2S. The monoisotopic (exact) mass is 260 g/mol. The summed E-state index contributed by atoms with van der Waals surface area (Å²) in [6.45, 7) is 6.74. The predicted molar refractivity (Wildman–Crippen MR) is 77.1 cm³/mol. The fraction of sp³-hybridized carbons (Fsp3) is 0.600. The van der Waals surface area contributed by atoms with E-state index in [0.29, 0.717) is 5.41 Å². The number of hydrogen-bond acceptors (Lipinski definition) is 3. The van der Waals surface area contributed by atoms with Crippen LogP contribution in [0.3, 0.4) is 0 Å². The molecule has 1 aliphatic rings. The summed E-state index contributed by atoms with van der Waals surface area (Å²) >= 11 is 1.87. The van der Waals surface area contributed by atoms with E-state index >= 15 is 0 Å². The van der Waals surface area contributed by atoms with Crippen LogP contribution in [-0.2, 0) is 0 Å². The minimum Gasteiger partial charge on any atom is -0.241 e. The summed E-state index contributed by atoms with van der Waals surface area (Å²) in [5.74, 6) is 1.62. The molecule has 2 aromatic heterocycles. The molecule has 2 nitrogen and oxygen atoms in total. The third-order valence-corrected chi connectivity index (χ3v) is 5.36. The van der Waals surface area contributed by atoms with Crippen LogP contribution in [-0.4, -0.2) is 9.97 Å². The molecule has 96 valence electrons. The Kier molecular flexibility index (Phi) is 2.89. The van der Waals surface area contributed by atoms with Gasteiger partial charge in [0.15, 0.2) is 0 Å². The first-order valence-electron chi connectivity index (χ1n) is 6.77. The molecule has 2 aromatic rings. The Hall–Kier alpha value is -0.960. The SMILES string of the molecule is Cc1ncc2cc(C3CCC(C)(C)CC3)sc2n1. The van der Waals surface area contributed by atoms with E-state index in [4.69, 9.17) is 0 Å². The van der Waals surface area contributed by atoms with Crippen molar-refractivity contribution in [2.24, 2.45) is 5.41 Å². The quantitative estimate of drug-likeness (QED) is 0.743. The summed E-state index contributed by atoms with van der Waals surface area (Å²) in [7, 11) is 0. The van der Waals surface area contributed by atoms with Gasteiger partial charge in [0, 0.05) is 16.5 Å². The molecule has 3 rings (SSSR count). The second kappa shape index (κ2) is 4.30. The van der Waals surface area contributed by atoms with E-state index in [0.717, 1.165) is 16.6 Å². The molecule has 0 spiro atoms. The Morgan fingerprint density at radius 3 is 2.72 bits per heavy atom. The van der Waals surface area contributed by atoms with Crippen LogP contribution in [0.4, 0.5) is 0 Å². The fourth-order valence-electron chi connectivity index (χ4n) is 2.82. The second-order valence-electron chi connectivity index (χ2n) is 6.26. The fourth-order valence-corrected chi connectivity index (χ4v) is 4.04. The van der Waals surface area contributed by atoms with Crippen molar-refractivity contribution in [3.63, 3.8) is 0 Å². The van der Waals surface area contributed by atoms with Crippen LogP contribution in [0.1, 0.15) is 56.2 Å². The van der Waals surface area contributed by atoms with Crippen LogP contribution < -0.4 is 0 Å². The molecule has 0 radical (unpaired) electrons. The smallest absolute Gasteiger partial charge is 0.127 e. The maximum absolute atomic E-state index is 4.53. The van der Waals surface area contributed by atoms with Crippen molar-refractivity contribution < 1.29 is 0 Å². The van der Waals surface area contributed by atoms with Gasteiger partial charge in [0.05, 0.1) is 0 Å². The average Bonchev–Trinajstić information content (AvgIpc) is 2.71. The highest BCUT2D eigenvalue weighted by atomic mass is 32.1. The molecule has 2 heterocycles. The lowest BCUT2D eigenvalue weighted by molar-refractivity contribution is 0.226. The van der Waals surface area contributed by atoms with Gasteiger partial charge >= 0.3 is 0 Å². The Balaban J connectivity index is 1.87. The lowest BCUT2D eigenvalue weighted by Gasteiger charge is -2.33. The van der Waals surface area contributed by atoms with Crippen molar-refractivity contribution in [2.45, 2.75) is 52.4 Å². The number of aromatic nitrogens is 2. The van der Waals surface area contributed by atoms with Gasteiger partial charge in [-0.05, 0) is 50.0 Å². The van der Waals surface area contributed by atoms with E-state index < -0.39 is 0 Å². The minimum atomic E-state index is 0.545. The maximum atomic E-state index is 4.53. The van der Waals surface area contributed by atoms with Gasteiger partial charge in [0.1, 0.15) is 10.7 Å². The van der Waals surface area contributed by atoms with E-state index in [1.54, 1.807) is 0 Å². The topological polar surface area (TPSA) is 25.8 Å². The van der Waals surface area contributed by atoms with E-state index in [2.05, 4.69) is 29.9 Å². The highest BCUT2D eigenvalue weighted by Gasteiger charge is 2.28. The maximum Gasteiger partial charge on any atom is 0.127 e. The largest absolute Gasteiger partial charge is 0.241 e. The first kappa shape index (κ1) is 12.1. The van der Waals surface area contributed by atoms with Gasteiger partial charge in [-0.2, -0.15) is 0 Å². The zero-order valence-corrected chi connectivity index (χ0v) is 12.2. The minimum absolute atomic E-state index is 0.545. The van der Waals surface area contributed by atoms with Crippen molar-refractivity contribution in [2.75, 3.05) is 0 Å². The molecule has 3 heteroatoms. The molecular weight excluding hydrogens is 240 g/mol. The number of aryl methyl sites for hydroxylation is 1. The van der Waals surface area contributed by atoms with Crippen molar-refractivity contribution >= 4 is 21.6 Å². The standard InChI is InChI=1S/C15H20N2S/c1-10-16-9-12-8-13(18-14(12)17-10)11-4-6-15(2,3)7-5-11/h8-9,11H,4-7H2,1-3H3. The van der Waals surface area contributed by atoms with Gasteiger partial charge in [0.2, 0.25) is 0 Å². The van der Waals surface area contributed by atoms with Gasteiger partial charge in [-0.25, -0.2) is 9.97 Å². The van der Waals surface area contributed by atoms with Gasteiger partial charge < -0.3 is 0 Å². The van der Waals surface area contributed by atoms with Gasteiger partial charge in [-0.3, -0.25) is 0 Å². The molecule has 1 aliphatic carbocycles. The second-order valence-corrected chi connectivity index (χ2v) is 7.33. The highest BCUT2D eigenvalue weighted by Crippen LogP contribution is 2.44. The average molecular weight is 260 g/mol. The van der Waals surface area contributed by atoms with E-state index in [-0.39, 0.29) is 0 Å². The van der Waals surface area contributed by atoms with Crippen LogP contribution in [0, 0.1) is 12.3 Å². The lowest BCUT2D eigenvalue weighted by atomic mass is 9.73. The Morgan fingerprint density at radius 1 is 1.28 bits per heavy atom. The van der Waals surface area contributed by atoms with Crippen molar-refractivity contribution in [3.8, 4) is 0 Å². The first-order chi connectivity index (χ1) is 8.53. The molecule has 1 fully saturated rings. The molecule has 1 saturated carbocycles. The lowest BCUT2D eigenvalue weighted by Crippen LogP contribution is -2.19. The van der Waals surface area contributed by atoms with Gasteiger partial charge in [0.25, 0.3) is 0 Å². The van der Waals surface area contributed by atoms with Crippen LogP contribution >= 0.6 is 11.3 Å². The Bertz CT molecular complexity index is 561. The highest BCUT2D eigenvalue weighted by molar-refractivity contribution is 7.18. The van der Waals surface area contributed by atoms with Crippen LogP contribution in [0.2, 0.25) is 0 Å². The molecule has 0 saturated heterocycles. The number of thiophene rings is 1. The van der Waals surface area contributed by atoms with Crippen molar-refractivity contribution in [1.82, 2.24) is 9.97 Å². The summed E-state index contributed by atoms with van der Waals surface area (Å²) in [6.07, 6.45) is 7.30. The molecule has 18 heavy (non-hydrogen) atoms. The third kappa shape index (κ3) is 2.28. The molecule has 0 unspecified atom stereocenters.